The number of carbonyl (C=O) groups excluding carboxylic acids is 1. The zero-order chi connectivity index (χ0) is 19.7. The molecule has 0 saturated heterocycles. The van der Waals surface area contributed by atoms with Crippen LogP contribution in [0.1, 0.15) is 53.8 Å². The fraction of sp³-hybridized carbons (Fsp3) is 0.208. The van der Waals surface area contributed by atoms with E-state index in [2.05, 4.69) is 31.3 Å². The van der Waals surface area contributed by atoms with Crippen molar-refractivity contribution in [3.05, 3.63) is 94.5 Å². The summed E-state index contributed by atoms with van der Waals surface area (Å²) in [6.07, 6.45) is 0.791. The number of anilines is 2. The largest absolute Gasteiger partial charge is 0.360 e. The van der Waals surface area contributed by atoms with Crippen LogP contribution in [-0.4, -0.2) is 5.91 Å². The summed E-state index contributed by atoms with van der Waals surface area (Å²) in [6, 6.07) is 23.6. The Morgan fingerprint density at radius 1 is 1.00 bits per heavy atom. The van der Waals surface area contributed by atoms with Crippen LogP contribution in [0.3, 0.4) is 0 Å². The Morgan fingerprint density at radius 3 is 2.36 bits per heavy atom. The van der Waals surface area contributed by atoms with Gasteiger partial charge in [-0.15, -0.1) is 0 Å². The molecular formula is C24H23ClN2O. The average molecular weight is 391 g/mol. The van der Waals surface area contributed by atoms with E-state index in [1.165, 1.54) is 5.56 Å². The van der Waals surface area contributed by atoms with Gasteiger partial charge in [0.05, 0.1) is 5.56 Å². The third-order valence-electron chi connectivity index (χ3n) is 5.47. The van der Waals surface area contributed by atoms with Gasteiger partial charge >= 0.3 is 0 Å². The zero-order valence-electron chi connectivity index (χ0n) is 16.0. The number of hydrogen-bond donors (Lipinski definition) is 1. The van der Waals surface area contributed by atoms with Gasteiger partial charge in [-0.05, 0) is 59.9 Å². The second-order valence-electron chi connectivity index (χ2n) is 7.22. The van der Waals surface area contributed by atoms with Crippen molar-refractivity contribution >= 4 is 28.9 Å². The highest BCUT2D eigenvalue weighted by molar-refractivity contribution is 6.30. The summed E-state index contributed by atoms with van der Waals surface area (Å²) in [7, 11) is 0. The van der Waals surface area contributed by atoms with E-state index in [-0.39, 0.29) is 12.1 Å². The number of halogens is 1. The predicted octanol–water partition coefficient (Wildman–Crippen LogP) is 6.62. The molecule has 28 heavy (non-hydrogen) atoms. The molecule has 0 saturated carbocycles. The summed E-state index contributed by atoms with van der Waals surface area (Å²) in [5, 5.41) is 4.20. The number of benzene rings is 3. The van der Waals surface area contributed by atoms with Crippen LogP contribution in [0.5, 0.6) is 0 Å². The Labute approximate surface area is 171 Å². The second-order valence-corrected chi connectivity index (χ2v) is 7.66. The van der Waals surface area contributed by atoms with Gasteiger partial charge in [-0.3, -0.25) is 9.69 Å². The quantitative estimate of drug-likeness (QED) is 0.542. The number of amides is 1. The number of rotatable bonds is 4. The fourth-order valence-electron chi connectivity index (χ4n) is 3.60. The normalized spacial score (nSPS) is 17.0. The van der Waals surface area contributed by atoms with Crippen LogP contribution in [0.25, 0.3) is 0 Å². The van der Waals surface area contributed by atoms with Gasteiger partial charge in [-0.2, -0.15) is 0 Å². The molecule has 1 aliphatic heterocycles. The van der Waals surface area contributed by atoms with Gasteiger partial charge in [0.2, 0.25) is 0 Å². The number of hydrogen-bond acceptors (Lipinski definition) is 2. The van der Waals surface area contributed by atoms with Crippen LogP contribution in [0, 0.1) is 0 Å². The maximum Gasteiger partial charge on any atom is 0.262 e. The Hall–Kier alpha value is -2.78. The first kappa shape index (κ1) is 18.6. The highest BCUT2D eigenvalue weighted by Crippen LogP contribution is 2.37. The summed E-state index contributed by atoms with van der Waals surface area (Å²) >= 11 is 6.07. The van der Waals surface area contributed by atoms with Crippen LogP contribution in [0.2, 0.25) is 5.02 Å². The molecule has 4 rings (SSSR count). The van der Waals surface area contributed by atoms with Gasteiger partial charge in [0, 0.05) is 16.4 Å². The highest BCUT2D eigenvalue weighted by atomic mass is 35.5. The van der Waals surface area contributed by atoms with E-state index in [4.69, 9.17) is 11.6 Å². The van der Waals surface area contributed by atoms with E-state index in [0.29, 0.717) is 16.5 Å². The standard InChI is InChI=1S/C24H23ClN2O/c1-3-16(2)17-10-14-20(15-11-17)27-23(18-8-12-19(25)13-9-18)26-22-7-5-4-6-21(22)24(27)28/h4-16,23,26H,3H2,1-2H3/t16-,23+/m1/s1. The van der Waals surface area contributed by atoms with Crippen LogP contribution < -0.4 is 10.2 Å². The molecule has 0 aromatic heterocycles. The summed E-state index contributed by atoms with van der Waals surface area (Å²) in [5.74, 6) is 0.489. The molecule has 142 valence electrons. The average Bonchev–Trinajstić information content (AvgIpc) is 2.74. The lowest BCUT2D eigenvalue weighted by Gasteiger charge is -2.38. The lowest BCUT2D eigenvalue weighted by molar-refractivity contribution is 0.0975. The summed E-state index contributed by atoms with van der Waals surface area (Å²) < 4.78 is 0. The molecule has 1 N–H and O–H groups in total. The molecule has 3 aromatic carbocycles. The Morgan fingerprint density at radius 2 is 1.68 bits per heavy atom. The number of nitrogens with zero attached hydrogens (tertiary/aromatic N) is 1. The SMILES string of the molecule is CC[C@@H](C)c1ccc(N2C(=O)c3ccccc3N[C@@H]2c2ccc(Cl)cc2)cc1. The van der Waals surface area contributed by atoms with Crippen LogP contribution >= 0.6 is 11.6 Å². The van der Waals surface area contributed by atoms with Crippen molar-refractivity contribution in [2.75, 3.05) is 10.2 Å². The molecule has 3 nitrogen and oxygen atoms in total. The molecule has 0 spiro atoms. The lowest BCUT2D eigenvalue weighted by Crippen LogP contribution is -2.43. The van der Waals surface area contributed by atoms with E-state index in [0.717, 1.165) is 23.4 Å². The predicted molar refractivity (Wildman–Crippen MR) is 116 cm³/mol. The molecular weight excluding hydrogens is 368 g/mol. The smallest absolute Gasteiger partial charge is 0.262 e. The minimum Gasteiger partial charge on any atom is -0.360 e. The van der Waals surface area contributed by atoms with Crippen molar-refractivity contribution < 1.29 is 4.79 Å². The van der Waals surface area contributed by atoms with E-state index >= 15 is 0 Å². The first-order chi connectivity index (χ1) is 13.6. The minimum absolute atomic E-state index is 0.00871. The van der Waals surface area contributed by atoms with E-state index < -0.39 is 0 Å². The molecule has 1 amide bonds. The van der Waals surface area contributed by atoms with Crippen LogP contribution in [0.4, 0.5) is 11.4 Å². The van der Waals surface area contributed by atoms with Gasteiger partial charge in [-0.1, -0.05) is 61.8 Å². The Kier molecular flexibility index (Phi) is 5.10. The monoisotopic (exact) mass is 390 g/mol. The van der Waals surface area contributed by atoms with Crippen molar-refractivity contribution in [3.63, 3.8) is 0 Å². The molecule has 0 unspecified atom stereocenters. The van der Waals surface area contributed by atoms with Gasteiger partial charge in [-0.25, -0.2) is 0 Å². The second kappa shape index (κ2) is 7.69. The van der Waals surface area contributed by atoms with Crippen LogP contribution in [-0.2, 0) is 0 Å². The van der Waals surface area contributed by atoms with Crippen molar-refractivity contribution in [1.29, 1.82) is 0 Å². The Balaban J connectivity index is 1.78. The molecule has 0 fully saturated rings. The molecule has 2 atom stereocenters. The molecule has 1 heterocycles. The zero-order valence-corrected chi connectivity index (χ0v) is 16.8. The summed E-state index contributed by atoms with van der Waals surface area (Å²) in [5.41, 5.74) is 4.67. The molecule has 4 heteroatoms. The maximum absolute atomic E-state index is 13.4. The first-order valence-electron chi connectivity index (χ1n) is 9.63. The van der Waals surface area contributed by atoms with Gasteiger partial charge in [0.25, 0.3) is 5.91 Å². The molecule has 0 aliphatic carbocycles. The van der Waals surface area contributed by atoms with Crippen LogP contribution in [0.15, 0.2) is 72.8 Å². The highest BCUT2D eigenvalue weighted by Gasteiger charge is 2.33. The number of nitrogens with one attached hydrogen (secondary N) is 1. The topological polar surface area (TPSA) is 32.3 Å². The van der Waals surface area contributed by atoms with Crippen molar-refractivity contribution in [2.45, 2.75) is 32.4 Å². The van der Waals surface area contributed by atoms with E-state index in [1.54, 1.807) is 0 Å². The first-order valence-corrected chi connectivity index (χ1v) is 10.0. The number of carbonyl (C=O) groups is 1. The molecule has 3 aromatic rings. The molecule has 1 aliphatic rings. The third-order valence-corrected chi connectivity index (χ3v) is 5.72. The molecule has 0 radical (unpaired) electrons. The van der Waals surface area contributed by atoms with Gasteiger partial charge in [0.15, 0.2) is 0 Å². The van der Waals surface area contributed by atoms with E-state index in [1.807, 2.05) is 65.6 Å². The summed E-state index contributed by atoms with van der Waals surface area (Å²) in [6.45, 7) is 4.40. The third kappa shape index (κ3) is 3.38. The molecule has 0 bridgehead atoms. The Bertz CT molecular complexity index is 982. The fourth-order valence-corrected chi connectivity index (χ4v) is 3.72. The van der Waals surface area contributed by atoms with Gasteiger partial charge in [0.1, 0.15) is 6.17 Å². The van der Waals surface area contributed by atoms with Crippen molar-refractivity contribution in [3.8, 4) is 0 Å². The van der Waals surface area contributed by atoms with Crippen molar-refractivity contribution in [1.82, 2.24) is 0 Å². The number of fused-ring (bicyclic) bond motifs is 1. The lowest BCUT2D eigenvalue weighted by atomic mass is 9.97. The van der Waals surface area contributed by atoms with E-state index in [9.17, 15) is 4.79 Å². The number of para-hydroxylation sites is 1. The maximum atomic E-state index is 13.4. The minimum atomic E-state index is -0.297. The van der Waals surface area contributed by atoms with Crippen molar-refractivity contribution in [2.24, 2.45) is 0 Å². The summed E-state index contributed by atoms with van der Waals surface area (Å²) in [4.78, 5) is 15.2. The van der Waals surface area contributed by atoms with Gasteiger partial charge < -0.3 is 5.32 Å².